The second kappa shape index (κ2) is 4.92. The minimum absolute atomic E-state index is 0.152. The molecule has 0 radical (unpaired) electrons. The van der Waals surface area contributed by atoms with E-state index in [0.29, 0.717) is 0 Å². The van der Waals surface area contributed by atoms with Crippen molar-refractivity contribution < 1.29 is 4.79 Å². The van der Waals surface area contributed by atoms with Crippen molar-refractivity contribution in [2.24, 2.45) is 5.10 Å². The molecule has 0 aliphatic heterocycles. The Hall–Kier alpha value is -1.64. The molecular weight excluding hydrogens is 200 g/mol. The van der Waals surface area contributed by atoms with Gasteiger partial charge >= 0.3 is 0 Å². The normalized spacial score (nSPS) is 11.4. The summed E-state index contributed by atoms with van der Waals surface area (Å²) in [4.78, 5) is 10.8. The first-order valence-electron chi connectivity index (χ1n) is 5.31. The Morgan fingerprint density at radius 3 is 2.19 bits per heavy atom. The van der Waals surface area contributed by atoms with E-state index in [-0.39, 0.29) is 5.91 Å². The van der Waals surface area contributed by atoms with Gasteiger partial charge in [0.05, 0.1) is 5.71 Å². The van der Waals surface area contributed by atoms with Gasteiger partial charge in [0, 0.05) is 12.5 Å². The summed E-state index contributed by atoms with van der Waals surface area (Å²) in [5.41, 5.74) is 8.05. The lowest BCUT2D eigenvalue weighted by molar-refractivity contribution is -0.118. The molecule has 1 amide bonds. The first-order chi connectivity index (χ1) is 7.41. The Morgan fingerprint density at radius 2 is 1.62 bits per heavy atom. The maximum Gasteiger partial charge on any atom is 0.236 e. The van der Waals surface area contributed by atoms with Gasteiger partial charge in [0.2, 0.25) is 5.91 Å². The standard InChI is InChI=1S/C13H18N2O/c1-8-6-10(3)13(7-9(8)2)11(4)14-15-12(5)16/h6-7H,1-5H3,(H,15,16). The fraction of sp³-hybridized carbons (Fsp3) is 0.385. The van der Waals surface area contributed by atoms with E-state index in [2.05, 4.69) is 43.4 Å². The topological polar surface area (TPSA) is 41.5 Å². The van der Waals surface area contributed by atoms with E-state index in [1.165, 1.54) is 23.6 Å². The third-order valence-corrected chi connectivity index (χ3v) is 2.61. The van der Waals surface area contributed by atoms with Crippen LogP contribution in [0.2, 0.25) is 0 Å². The van der Waals surface area contributed by atoms with Gasteiger partial charge in [-0.2, -0.15) is 5.10 Å². The molecule has 0 aliphatic rings. The van der Waals surface area contributed by atoms with Crippen molar-refractivity contribution in [1.29, 1.82) is 0 Å². The summed E-state index contributed by atoms with van der Waals surface area (Å²) in [7, 11) is 0. The molecule has 0 aliphatic carbocycles. The maximum absolute atomic E-state index is 10.8. The lowest BCUT2D eigenvalue weighted by atomic mass is 9.98. The lowest BCUT2D eigenvalue weighted by Crippen LogP contribution is -2.15. The van der Waals surface area contributed by atoms with Crippen molar-refractivity contribution in [3.05, 3.63) is 34.4 Å². The molecule has 0 saturated heterocycles. The van der Waals surface area contributed by atoms with Crippen LogP contribution in [0.1, 0.15) is 36.1 Å². The van der Waals surface area contributed by atoms with Crippen LogP contribution >= 0.6 is 0 Å². The van der Waals surface area contributed by atoms with E-state index in [1.54, 1.807) is 0 Å². The van der Waals surface area contributed by atoms with Gasteiger partial charge < -0.3 is 0 Å². The molecular formula is C13H18N2O. The van der Waals surface area contributed by atoms with Crippen LogP contribution in [0.3, 0.4) is 0 Å². The third-order valence-electron chi connectivity index (χ3n) is 2.61. The fourth-order valence-electron chi connectivity index (χ4n) is 1.57. The van der Waals surface area contributed by atoms with Gasteiger partial charge in [0.15, 0.2) is 0 Å². The number of rotatable bonds is 2. The molecule has 1 aromatic carbocycles. The monoisotopic (exact) mass is 218 g/mol. The lowest BCUT2D eigenvalue weighted by Gasteiger charge is -2.09. The van der Waals surface area contributed by atoms with Gasteiger partial charge in [0.1, 0.15) is 0 Å². The zero-order chi connectivity index (χ0) is 12.3. The van der Waals surface area contributed by atoms with Crippen LogP contribution < -0.4 is 5.43 Å². The molecule has 0 fully saturated rings. The number of benzene rings is 1. The summed E-state index contributed by atoms with van der Waals surface area (Å²) in [5, 5.41) is 4.04. The van der Waals surface area contributed by atoms with E-state index in [4.69, 9.17) is 0 Å². The zero-order valence-electron chi connectivity index (χ0n) is 10.5. The van der Waals surface area contributed by atoms with Crippen LogP contribution in [-0.4, -0.2) is 11.6 Å². The summed E-state index contributed by atoms with van der Waals surface area (Å²) >= 11 is 0. The fourth-order valence-corrected chi connectivity index (χ4v) is 1.57. The van der Waals surface area contributed by atoms with Gasteiger partial charge in [-0.3, -0.25) is 4.79 Å². The van der Waals surface area contributed by atoms with Crippen LogP contribution in [0.15, 0.2) is 17.2 Å². The highest BCUT2D eigenvalue weighted by Gasteiger charge is 2.05. The third kappa shape index (κ3) is 2.92. The highest BCUT2D eigenvalue weighted by atomic mass is 16.2. The predicted molar refractivity (Wildman–Crippen MR) is 66.7 cm³/mol. The highest BCUT2D eigenvalue weighted by molar-refractivity contribution is 6.00. The summed E-state index contributed by atoms with van der Waals surface area (Å²) < 4.78 is 0. The van der Waals surface area contributed by atoms with Crippen LogP contribution in [0.5, 0.6) is 0 Å². The van der Waals surface area contributed by atoms with E-state index >= 15 is 0 Å². The van der Waals surface area contributed by atoms with Crippen LogP contribution in [0.25, 0.3) is 0 Å². The van der Waals surface area contributed by atoms with Crippen molar-refractivity contribution in [1.82, 2.24) is 5.43 Å². The molecule has 0 heterocycles. The van der Waals surface area contributed by atoms with Gasteiger partial charge in [0.25, 0.3) is 0 Å². The minimum atomic E-state index is -0.152. The van der Waals surface area contributed by atoms with Crippen molar-refractivity contribution in [2.45, 2.75) is 34.6 Å². The number of hydrogen-bond acceptors (Lipinski definition) is 2. The number of amides is 1. The number of nitrogens with zero attached hydrogens (tertiary/aromatic N) is 1. The molecule has 1 aromatic rings. The molecule has 1 rings (SSSR count). The molecule has 0 atom stereocenters. The maximum atomic E-state index is 10.8. The van der Waals surface area contributed by atoms with E-state index in [9.17, 15) is 4.79 Å². The Labute approximate surface area is 96.6 Å². The smallest absolute Gasteiger partial charge is 0.236 e. The van der Waals surface area contributed by atoms with Crippen molar-refractivity contribution >= 4 is 11.6 Å². The Balaban J connectivity index is 3.08. The van der Waals surface area contributed by atoms with Crippen molar-refractivity contribution in [3.8, 4) is 0 Å². The Bertz CT molecular complexity index is 447. The Morgan fingerprint density at radius 1 is 1.06 bits per heavy atom. The molecule has 1 N–H and O–H groups in total. The number of carbonyl (C=O) groups excluding carboxylic acids is 1. The molecule has 0 aromatic heterocycles. The quantitative estimate of drug-likeness (QED) is 0.601. The van der Waals surface area contributed by atoms with E-state index in [0.717, 1.165) is 11.3 Å². The Kier molecular flexibility index (Phi) is 3.82. The van der Waals surface area contributed by atoms with Crippen LogP contribution in [0.4, 0.5) is 0 Å². The number of hydrogen-bond donors (Lipinski definition) is 1. The van der Waals surface area contributed by atoms with E-state index in [1.807, 2.05) is 6.92 Å². The number of nitrogens with one attached hydrogen (secondary N) is 1. The van der Waals surface area contributed by atoms with Gasteiger partial charge in [-0.1, -0.05) is 6.07 Å². The van der Waals surface area contributed by atoms with Gasteiger partial charge in [-0.15, -0.1) is 0 Å². The van der Waals surface area contributed by atoms with E-state index < -0.39 is 0 Å². The molecule has 86 valence electrons. The summed E-state index contributed by atoms with van der Waals surface area (Å²) in [5.74, 6) is -0.152. The average molecular weight is 218 g/mol. The highest BCUT2D eigenvalue weighted by Crippen LogP contribution is 2.15. The predicted octanol–water partition coefficient (Wildman–Crippen LogP) is 2.47. The molecule has 3 nitrogen and oxygen atoms in total. The zero-order valence-corrected chi connectivity index (χ0v) is 10.5. The molecule has 16 heavy (non-hydrogen) atoms. The second-order valence-corrected chi connectivity index (χ2v) is 4.12. The molecule has 3 heteroatoms. The minimum Gasteiger partial charge on any atom is -0.274 e. The number of aryl methyl sites for hydroxylation is 3. The summed E-state index contributed by atoms with van der Waals surface area (Å²) in [6.07, 6.45) is 0. The van der Waals surface area contributed by atoms with Gasteiger partial charge in [-0.25, -0.2) is 5.43 Å². The van der Waals surface area contributed by atoms with Crippen LogP contribution in [-0.2, 0) is 4.79 Å². The summed E-state index contributed by atoms with van der Waals surface area (Å²) in [6, 6.07) is 4.24. The van der Waals surface area contributed by atoms with Crippen molar-refractivity contribution in [3.63, 3.8) is 0 Å². The molecule has 0 saturated carbocycles. The summed E-state index contributed by atoms with van der Waals surface area (Å²) in [6.45, 7) is 9.56. The molecule has 0 spiro atoms. The SMILES string of the molecule is CC(=O)NN=C(C)c1cc(C)c(C)cc1C. The van der Waals surface area contributed by atoms with Gasteiger partial charge in [-0.05, 0) is 50.5 Å². The molecule has 0 unspecified atom stereocenters. The first kappa shape index (κ1) is 12.4. The van der Waals surface area contributed by atoms with Crippen LogP contribution in [0, 0.1) is 20.8 Å². The number of hydrazone groups is 1. The first-order valence-corrected chi connectivity index (χ1v) is 5.31. The largest absolute Gasteiger partial charge is 0.274 e. The average Bonchev–Trinajstić information content (AvgIpc) is 2.20. The number of carbonyl (C=O) groups is 1. The molecule has 0 bridgehead atoms. The van der Waals surface area contributed by atoms with Crippen molar-refractivity contribution in [2.75, 3.05) is 0 Å². The second-order valence-electron chi connectivity index (χ2n) is 4.12.